The third kappa shape index (κ3) is 2.62. The molecular formula is C14H22N2O2S. The van der Waals surface area contributed by atoms with E-state index in [1.54, 1.807) is 19.2 Å². The van der Waals surface area contributed by atoms with Crippen LogP contribution in [0.4, 0.5) is 5.69 Å². The molecule has 1 atom stereocenters. The molecule has 0 saturated heterocycles. The van der Waals surface area contributed by atoms with Crippen LogP contribution in [-0.2, 0) is 10.0 Å². The molecule has 1 aliphatic carbocycles. The minimum atomic E-state index is -3.50. The van der Waals surface area contributed by atoms with Gasteiger partial charge < -0.3 is 5.73 Å². The second-order valence-corrected chi connectivity index (χ2v) is 7.54. The number of nitrogen functional groups attached to an aromatic ring is 1. The fraction of sp³-hybridized carbons (Fsp3) is 0.571. The molecule has 1 saturated carbocycles. The molecule has 0 bridgehead atoms. The SMILES string of the molecule is Cc1cc(N)c(S(=O)(=O)N(C)C(C)C2CC2)cc1C. The first-order chi connectivity index (χ1) is 8.75. The predicted molar refractivity (Wildman–Crippen MR) is 77.5 cm³/mol. The van der Waals surface area contributed by atoms with E-state index in [0.717, 1.165) is 24.0 Å². The van der Waals surface area contributed by atoms with Crippen molar-refractivity contribution in [1.29, 1.82) is 0 Å². The van der Waals surface area contributed by atoms with Crippen LogP contribution in [0.3, 0.4) is 0 Å². The zero-order valence-electron chi connectivity index (χ0n) is 12.0. The molecule has 1 aliphatic rings. The smallest absolute Gasteiger partial charge is 0.245 e. The van der Waals surface area contributed by atoms with Crippen LogP contribution in [0.15, 0.2) is 17.0 Å². The molecule has 2 rings (SSSR count). The summed E-state index contributed by atoms with van der Waals surface area (Å²) in [7, 11) is -1.86. The van der Waals surface area contributed by atoms with Crippen molar-refractivity contribution < 1.29 is 8.42 Å². The van der Waals surface area contributed by atoms with Gasteiger partial charge in [-0.15, -0.1) is 0 Å². The lowest BCUT2D eigenvalue weighted by atomic mass is 10.1. The molecule has 1 aromatic carbocycles. The van der Waals surface area contributed by atoms with E-state index in [1.165, 1.54) is 4.31 Å². The van der Waals surface area contributed by atoms with Crippen LogP contribution in [0, 0.1) is 19.8 Å². The Kier molecular flexibility index (Phi) is 3.62. The Morgan fingerprint density at radius 2 is 1.79 bits per heavy atom. The first-order valence-corrected chi connectivity index (χ1v) is 8.04. The fourth-order valence-corrected chi connectivity index (χ4v) is 3.89. The second kappa shape index (κ2) is 4.80. The van der Waals surface area contributed by atoms with Crippen LogP contribution in [-0.4, -0.2) is 25.8 Å². The second-order valence-electron chi connectivity index (χ2n) is 5.57. The number of benzene rings is 1. The monoisotopic (exact) mass is 282 g/mol. The van der Waals surface area contributed by atoms with Crippen molar-refractivity contribution in [2.24, 2.45) is 5.92 Å². The average Bonchev–Trinajstić information content (AvgIpc) is 3.15. The molecular weight excluding hydrogens is 260 g/mol. The fourth-order valence-electron chi connectivity index (χ4n) is 2.28. The standard InChI is InChI=1S/C14H22N2O2S/c1-9-7-13(15)14(8-10(9)2)19(17,18)16(4)11(3)12-5-6-12/h7-8,11-12H,5-6,15H2,1-4H3. The Morgan fingerprint density at radius 1 is 1.26 bits per heavy atom. The summed E-state index contributed by atoms with van der Waals surface area (Å²) in [5.41, 5.74) is 8.18. The van der Waals surface area contributed by atoms with Gasteiger partial charge >= 0.3 is 0 Å². The zero-order chi connectivity index (χ0) is 14.4. The molecule has 1 aromatic rings. The minimum Gasteiger partial charge on any atom is -0.398 e. The molecule has 0 radical (unpaired) electrons. The molecule has 106 valence electrons. The molecule has 2 N–H and O–H groups in total. The minimum absolute atomic E-state index is 0.0333. The van der Waals surface area contributed by atoms with Gasteiger partial charge in [-0.2, -0.15) is 4.31 Å². The Balaban J connectivity index is 2.41. The maximum Gasteiger partial charge on any atom is 0.245 e. The molecule has 0 aromatic heterocycles. The van der Waals surface area contributed by atoms with E-state index in [9.17, 15) is 8.42 Å². The molecule has 5 heteroatoms. The summed E-state index contributed by atoms with van der Waals surface area (Å²) in [6, 6.07) is 3.44. The van der Waals surface area contributed by atoms with Gasteiger partial charge in [0.1, 0.15) is 4.90 Å². The summed E-state index contributed by atoms with van der Waals surface area (Å²) in [4.78, 5) is 0.227. The lowest BCUT2D eigenvalue weighted by molar-refractivity contribution is 0.357. The number of anilines is 1. The van der Waals surface area contributed by atoms with Gasteiger partial charge in [0.05, 0.1) is 5.69 Å². The Morgan fingerprint density at radius 3 is 2.32 bits per heavy atom. The normalized spacial score (nSPS) is 17.7. The van der Waals surface area contributed by atoms with Crippen molar-refractivity contribution >= 4 is 15.7 Å². The van der Waals surface area contributed by atoms with Crippen molar-refractivity contribution in [1.82, 2.24) is 4.31 Å². The summed E-state index contributed by atoms with van der Waals surface area (Å²) in [6.45, 7) is 5.79. The van der Waals surface area contributed by atoms with Gasteiger partial charge in [-0.1, -0.05) is 0 Å². The van der Waals surface area contributed by atoms with Crippen LogP contribution in [0.5, 0.6) is 0 Å². The summed E-state index contributed by atoms with van der Waals surface area (Å²) in [6.07, 6.45) is 2.23. The topological polar surface area (TPSA) is 63.4 Å². The molecule has 1 unspecified atom stereocenters. The number of rotatable bonds is 4. The van der Waals surface area contributed by atoms with Crippen molar-refractivity contribution in [2.45, 2.75) is 44.6 Å². The van der Waals surface area contributed by atoms with Crippen LogP contribution in [0.25, 0.3) is 0 Å². The highest BCUT2D eigenvalue weighted by Crippen LogP contribution is 2.37. The van der Waals surface area contributed by atoms with Crippen LogP contribution >= 0.6 is 0 Å². The highest BCUT2D eigenvalue weighted by Gasteiger charge is 2.36. The van der Waals surface area contributed by atoms with E-state index in [-0.39, 0.29) is 10.9 Å². The van der Waals surface area contributed by atoms with E-state index in [2.05, 4.69) is 0 Å². The number of hydrogen-bond acceptors (Lipinski definition) is 3. The third-order valence-electron chi connectivity index (χ3n) is 4.16. The molecule has 1 fully saturated rings. The van der Waals surface area contributed by atoms with Gasteiger partial charge in [0.2, 0.25) is 10.0 Å². The zero-order valence-corrected chi connectivity index (χ0v) is 12.8. The van der Waals surface area contributed by atoms with Crippen molar-refractivity contribution in [3.8, 4) is 0 Å². The molecule has 19 heavy (non-hydrogen) atoms. The molecule has 0 aliphatic heterocycles. The average molecular weight is 282 g/mol. The number of nitrogens with zero attached hydrogens (tertiary/aromatic N) is 1. The van der Waals surface area contributed by atoms with Gasteiger partial charge in [-0.25, -0.2) is 8.42 Å². The van der Waals surface area contributed by atoms with Gasteiger partial charge in [0.15, 0.2) is 0 Å². The summed E-state index contributed by atoms with van der Waals surface area (Å²) >= 11 is 0. The van der Waals surface area contributed by atoms with Gasteiger partial charge in [0.25, 0.3) is 0 Å². The first-order valence-electron chi connectivity index (χ1n) is 6.60. The van der Waals surface area contributed by atoms with Crippen LogP contribution in [0.1, 0.15) is 30.9 Å². The Labute approximate surface area is 115 Å². The number of sulfonamides is 1. The van der Waals surface area contributed by atoms with Crippen LogP contribution < -0.4 is 5.73 Å². The lowest BCUT2D eigenvalue weighted by Crippen LogP contribution is -2.36. The van der Waals surface area contributed by atoms with E-state index < -0.39 is 10.0 Å². The highest BCUT2D eigenvalue weighted by atomic mass is 32.2. The van der Waals surface area contributed by atoms with Crippen LogP contribution in [0.2, 0.25) is 0 Å². The van der Waals surface area contributed by atoms with Gasteiger partial charge in [-0.3, -0.25) is 0 Å². The lowest BCUT2D eigenvalue weighted by Gasteiger charge is -2.25. The highest BCUT2D eigenvalue weighted by molar-refractivity contribution is 7.89. The molecule has 4 nitrogen and oxygen atoms in total. The van der Waals surface area contributed by atoms with E-state index in [1.807, 2.05) is 20.8 Å². The maximum absolute atomic E-state index is 12.6. The van der Waals surface area contributed by atoms with Crippen molar-refractivity contribution in [3.05, 3.63) is 23.3 Å². The van der Waals surface area contributed by atoms with Gasteiger partial charge in [-0.05, 0) is 62.8 Å². The number of hydrogen-bond donors (Lipinski definition) is 1. The summed E-state index contributed by atoms with van der Waals surface area (Å²) < 4.78 is 26.7. The third-order valence-corrected chi connectivity index (χ3v) is 6.16. The summed E-state index contributed by atoms with van der Waals surface area (Å²) in [5, 5.41) is 0. The summed E-state index contributed by atoms with van der Waals surface area (Å²) in [5.74, 6) is 0.493. The predicted octanol–water partition coefficient (Wildman–Crippen LogP) is 2.30. The first kappa shape index (κ1) is 14.3. The molecule has 0 spiro atoms. The quantitative estimate of drug-likeness (QED) is 0.862. The Hall–Kier alpha value is -1.07. The van der Waals surface area contributed by atoms with Crippen molar-refractivity contribution in [2.75, 3.05) is 12.8 Å². The van der Waals surface area contributed by atoms with Gasteiger partial charge in [0, 0.05) is 13.1 Å². The molecule has 0 heterocycles. The largest absolute Gasteiger partial charge is 0.398 e. The van der Waals surface area contributed by atoms with E-state index >= 15 is 0 Å². The number of aryl methyl sites for hydroxylation is 2. The van der Waals surface area contributed by atoms with E-state index in [0.29, 0.717) is 11.6 Å². The number of nitrogens with two attached hydrogens (primary N) is 1. The maximum atomic E-state index is 12.6. The Bertz CT molecular complexity index is 592. The van der Waals surface area contributed by atoms with E-state index in [4.69, 9.17) is 5.73 Å². The molecule has 0 amide bonds. The van der Waals surface area contributed by atoms with Crippen molar-refractivity contribution in [3.63, 3.8) is 0 Å².